The molecule has 0 radical (unpaired) electrons. The number of aromatic amines is 1. The predicted molar refractivity (Wildman–Crippen MR) is 86.9 cm³/mol. The highest BCUT2D eigenvalue weighted by Gasteiger charge is 2.18. The SMILES string of the molecule is O=C(Cc1cccc2c1[nH]c1ccccc12)N1CCOCC1. The molecule has 0 atom stereocenters. The zero-order chi connectivity index (χ0) is 14.9. The van der Waals surface area contributed by atoms with E-state index in [9.17, 15) is 4.79 Å². The van der Waals surface area contributed by atoms with Gasteiger partial charge in [0.1, 0.15) is 0 Å². The highest BCUT2D eigenvalue weighted by molar-refractivity contribution is 6.08. The molecule has 22 heavy (non-hydrogen) atoms. The van der Waals surface area contributed by atoms with Crippen LogP contribution in [0, 0.1) is 0 Å². The molecule has 1 fully saturated rings. The van der Waals surface area contributed by atoms with Crippen LogP contribution in [-0.2, 0) is 16.0 Å². The van der Waals surface area contributed by atoms with Gasteiger partial charge in [0.15, 0.2) is 0 Å². The Balaban J connectivity index is 1.70. The molecule has 0 unspecified atom stereocenters. The van der Waals surface area contributed by atoms with Crippen LogP contribution in [0.3, 0.4) is 0 Å². The number of carbonyl (C=O) groups excluding carboxylic acids is 1. The number of amides is 1. The van der Waals surface area contributed by atoms with E-state index >= 15 is 0 Å². The zero-order valence-corrected chi connectivity index (χ0v) is 12.3. The second-order valence-corrected chi connectivity index (χ2v) is 5.68. The third kappa shape index (κ3) is 2.25. The van der Waals surface area contributed by atoms with Crippen LogP contribution < -0.4 is 0 Å². The quantitative estimate of drug-likeness (QED) is 0.790. The predicted octanol–water partition coefficient (Wildman–Crippen LogP) is 2.72. The van der Waals surface area contributed by atoms with E-state index < -0.39 is 0 Å². The summed E-state index contributed by atoms with van der Waals surface area (Å²) in [5.41, 5.74) is 3.25. The topological polar surface area (TPSA) is 45.3 Å². The van der Waals surface area contributed by atoms with Gasteiger partial charge in [-0.1, -0.05) is 36.4 Å². The van der Waals surface area contributed by atoms with Crippen molar-refractivity contribution in [2.24, 2.45) is 0 Å². The minimum atomic E-state index is 0.175. The third-order valence-electron chi connectivity index (χ3n) is 4.33. The van der Waals surface area contributed by atoms with Crippen molar-refractivity contribution in [2.45, 2.75) is 6.42 Å². The first-order valence-electron chi connectivity index (χ1n) is 7.67. The van der Waals surface area contributed by atoms with Gasteiger partial charge in [-0.2, -0.15) is 0 Å². The minimum Gasteiger partial charge on any atom is -0.378 e. The van der Waals surface area contributed by atoms with E-state index in [1.165, 1.54) is 10.8 Å². The molecular formula is C18H18N2O2. The van der Waals surface area contributed by atoms with Gasteiger partial charge in [-0.3, -0.25) is 4.79 Å². The fraction of sp³-hybridized carbons (Fsp3) is 0.278. The maximum absolute atomic E-state index is 12.5. The number of rotatable bonds is 2. The number of fused-ring (bicyclic) bond motifs is 3. The van der Waals surface area contributed by atoms with E-state index in [1.807, 2.05) is 29.2 Å². The molecule has 1 aliphatic heterocycles. The second-order valence-electron chi connectivity index (χ2n) is 5.68. The molecule has 3 aromatic rings. The van der Waals surface area contributed by atoms with Crippen molar-refractivity contribution in [1.29, 1.82) is 0 Å². The highest BCUT2D eigenvalue weighted by Crippen LogP contribution is 2.27. The van der Waals surface area contributed by atoms with Crippen LogP contribution >= 0.6 is 0 Å². The second kappa shape index (κ2) is 5.46. The number of ether oxygens (including phenoxy) is 1. The molecule has 2 heterocycles. The van der Waals surface area contributed by atoms with Gasteiger partial charge in [-0.05, 0) is 11.6 Å². The first-order chi connectivity index (χ1) is 10.8. The Morgan fingerprint density at radius 3 is 2.68 bits per heavy atom. The molecule has 1 saturated heterocycles. The molecule has 0 spiro atoms. The Morgan fingerprint density at radius 2 is 1.82 bits per heavy atom. The molecule has 0 aliphatic carbocycles. The number of para-hydroxylation sites is 2. The van der Waals surface area contributed by atoms with E-state index in [2.05, 4.69) is 23.2 Å². The van der Waals surface area contributed by atoms with Crippen molar-refractivity contribution >= 4 is 27.7 Å². The number of aromatic nitrogens is 1. The van der Waals surface area contributed by atoms with Crippen LogP contribution in [0.4, 0.5) is 0 Å². The number of carbonyl (C=O) groups is 1. The largest absolute Gasteiger partial charge is 0.378 e. The Hall–Kier alpha value is -2.33. The van der Waals surface area contributed by atoms with Gasteiger partial charge < -0.3 is 14.6 Å². The van der Waals surface area contributed by atoms with Crippen molar-refractivity contribution < 1.29 is 9.53 Å². The van der Waals surface area contributed by atoms with Gasteiger partial charge in [0.05, 0.1) is 25.2 Å². The van der Waals surface area contributed by atoms with E-state index in [-0.39, 0.29) is 5.91 Å². The molecule has 1 aromatic heterocycles. The summed E-state index contributed by atoms with van der Waals surface area (Å²) in [6.45, 7) is 2.67. The van der Waals surface area contributed by atoms with Crippen molar-refractivity contribution in [3.63, 3.8) is 0 Å². The number of benzene rings is 2. The third-order valence-corrected chi connectivity index (χ3v) is 4.33. The van der Waals surface area contributed by atoms with Gasteiger partial charge in [0, 0.05) is 29.4 Å². The maximum Gasteiger partial charge on any atom is 0.227 e. The van der Waals surface area contributed by atoms with Crippen molar-refractivity contribution in [2.75, 3.05) is 26.3 Å². The molecule has 1 amide bonds. The maximum atomic E-state index is 12.5. The standard InChI is InChI=1S/C18H18N2O2/c21-17(20-8-10-22-11-9-20)12-13-4-3-6-15-14-5-1-2-7-16(14)19-18(13)15/h1-7,19H,8-12H2. The van der Waals surface area contributed by atoms with E-state index in [0.29, 0.717) is 32.7 Å². The summed E-state index contributed by atoms with van der Waals surface area (Å²) in [6, 6.07) is 14.4. The summed E-state index contributed by atoms with van der Waals surface area (Å²) in [4.78, 5) is 17.8. The number of hydrogen-bond acceptors (Lipinski definition) is 2. The molecule has 2 aromatic carbocycles. The smallest absolute Gasteiger partial charge is 0.227 e. The summed E-state index contributed by atoms with van der Waals surface area (Å²) in [6.07, 6.45) is 0.435. The van der Waals surface area contributed by atoms with Crippen LogP contribution in [-0.4, -0.2) is 42.1 Å². The van der Waals surface area contributed by atoms with Crippen LogP contribution in [0.15, 0.2) is 42.5 Å². The van der Waals surface area contributed by atoms with Gasteiger partial charge in [-0.25, -0.2) is 0 Å². The van der Waals surface area contributed by atoms with Crippen molar-refractivity contribution in [1.82, 2.24) is 9.88 Å². The summed E-state index contributed by atoms with van der Waals surface area (Å²) >= 11 is 0. The number of morpholine rings is 1. The number of nitrogens with zero attached hydrogens (tertiary/aromatic N) is 1. The molecule has 4 heteroatoms. The fourth-order valence-electron chi connectivity index (χ4n) is 3.17. The van der Waals surface area contributed by atoms with Crippen LogP contribution in [0.25, 0.3) is 21.8 Å². The van der Waals surface area contributed by atoms with Gasteiger partial charge in [0.2, 0.25) is 5.91 Å². The van der Waals surface area contributed by atoms with E-state index in [1.54, 1.807) is 0 Å². The Morgan fingerprint density at radius 1 is 1.05 bits per heavy atom. The van der Waals surface area contributed by atoms with Gasteiger partial charge in [-0.15, -0.1) is 0 Å². The molecule has 1 N–H and O–H groups in total. The Kier molecular flexibility index (Phi) is 3.31. The van der Waals surface area contributed by atoms with Gasteiger partial charge in [0.25, 0.3) is 0 Å². The monoisotopic (exact) mass is 294 g/mol. The molecule has 1 aliphatic rings. The molecule has 0 saturated carbocycles. The van der Waals surface area contributed by atoms with Crippen molar-refractivity contribution in [3.8, 4) is 0 Å². The first kappa shape index (κ1) is 13.3. The van der Waals surface area contributed by atoms with Crippen molar-refractivity contribution in [3.05, 3.63) is 48.0 Å². The lowest BCUT2D eigenvalue weighted by atomic mass is 10.1. The molecular weight excluding hydrogens is 276 g/mol. The van der Waals surface area contributed by atoms with Crippen LogP contribution in [0.2, 0.25) is 0 Å². The first-order valence-corrected chi connectivity index (χ1v) is 7.67. The lowest BCUT2D eigenvalue weighted by molar-refractivity contribution is -0.134. The minimum absolute atomic E-state index is 0.175. The summed E-state index contributed by atoms with van der Waals surface area (Å²) in [5, 5.41) is 2.39. The highest BCUT2D eigenvalue weighted by atomic mass is 16.5. The fourth-order valence-corrected chi connectivity index (χ4v) is 3.17. The lowest BCUT2D eigenvalue weighted by Gasteiger charge is -2.27. The summed E-state index contributed by atoms with van der Waals surface area (Å²) < 4.78 is 5.31. The molecule has 112 valence electrons. The number of hydrogen-bond donors (Lipinski definition) is 1. The Bertz CT molecular complexity index is 831. The summed E-state index contributed by atoms with van der Waals surface area (Å²) in [7, 11) is 0. The van der Waals surface area contributed by atoms with Gasteiger partial charge >= 0.3 is 0 Å². The number of H-pyrrole nitrogens is 1. The summed E-state index contributed by atoms with van der Waals surface area (Å²) in [5.74, 6) is 0.175. The van der Waals surface area contributed by atoms with Crippen LogP contribution in [0.1, 0.15) is 5.56 Å². The molecule has 0 bridgehead atoms. The van der Waals surface area contributed by atoms with Crippen LogP contribution in [0.5, 0.6) is 0 Å². The molecule has 4 rings (SSSR count). The molecule has 4 nitrogen and oxygen atoms in total. The zero-order valence-electron chi connectivity index (χ0n) is 12.3. The average Bonchev–Trinajstić information content (AvgIpc) is 2.95. The number of nitrogens with one attached hydrogen (secondary N) is 1. The van der Waals surface area contributed by atoms with E-state index in [4.69, 9.17) is 4.74 Å². The Labute approximate surface area is 128 Å². The lowest BCUT2D eigenvalue weighted by Crippen LogP contribution is -2.41. The van der Waals surface area contributed by atoms with E-state index in [0.717, 1.165) is 16.6 Å². The normalized spacial score (nSPS) is 15.5. The average molecular weight is 294 g/mol.